The average molecular weight is 1140 g/mol. The number of allylic oxidation sites excluding steroid dienone is 20. The summed E-state index contributed by atoms with van der Waals surface area (Å²) in [6.45, 7) is 6.50. The van der Waals surface area contributed by atoms with Crippen LogP contribution in [0.3, 0.4) is 0 Å². The Morgan fingerprint density at radius 1 is 0.256 bits per heavy atom. The van der Waals surface area contributed by atoms with Crippen LogP contribution in [0, 0.1) is 0 Å². The standard InChI is InChI=1S/C76H128O6/c1-4-7-10-13-16-19-22-25-28-31-34-35-36-37-38-39-40-41-43-45-48-51-54-57-60-63-66-69-75(78)81-72-73(71-80-74(77)68-65-62-59-56-53-50-47-44-33-30-27-24-21-18-15-12-9-6-3)82-76(79)70-67-64-61-58-55-52-49-46-42-32-29-26-23-20-17-14-11-8-5-2/h7,10,16-17,19-21,24-26,28-30,33-35,37-38,40-41,73H,4-6,8-9,11-15,18,22-23,27,31-32,36,39,42-72H2,1-3H3/b10-7-,19-16-,20-17-,24-21-,28-25-,29-26-,33-30-,35-34-,38-37-,41-40-. The molecule has 0 spiro atoms. The molecular formula is C76H128O6. The molecule has 0 aliphatic heterocycles. The lowest BCUT2D eigenvalue weighted by atomic mass is 10.1. The maximum atomic E-state index is 13.0. The molecule has 0 aromatic heterocycles. The van der Waals surface area contributed by atoms with Gasteiger partial charge in [-0.3, -0.25) is 14.4 Å². The van der Waals surface area contributed by atoms with Crippen molar-refractivity contribution >= 4 is 17.9 Å². The average Bonchev–Trinajstić information content (AvgIpc) is 3.47. The van der Waals surface area contributed by atoms with Crippen LogP contribution in [0.2, 0.25) is 0 Å². The summed E-state index contributed by atoms with van der Waals surface area (Å²) in [5.41, 5.74) is 0. The van der Waals surface area contributed by atoms with Gasteiger partial charge in [0.15, 0.2) is 6.10 Å². The Hall–Kier alpha value is -4.19. The predicted molar refractivity (Wildman–Crippen MR) is 357 cm³/mol. The van der Waals surface area contributed by atoms with Gasteiger partial charge in [-0.15, -0.1) is 0 Å². The summed E-state index contributed by atoms with van der Waals surface area (Å²) < 4.78 is 17.0. The van der Waals surface area contributed by atoms with Gasteiger partial charge in [-0.1, -0.05) is 290 Å². The van der Waals surface area contributed by atoms with Crippen molar-refractivity contribution < 1.29 is 28.6 Å². The number of unbranched alkanes of at least 4 members (excludes halogenated alkanes) is 31. The zero-order valence-corrected chi connectivity index (χ0v) is 53.7. The van der Waals surface area contributed by atoms with Crippen molar-refractivity contribution in [2.24, 2.45) is 0 Å². The summed E-state index contributed by atoms with van der Waals surface area (Å²) >= 11 is 0. The van der Waals surface area contributed by atoms with Crippen LogP contribution < -0.4 is 0 Å². The molecule has 0 rings (SSSR count). The molecule has 0 radical (unpaired) electrons. The van der Waals surface area contributed by atoms with Gasteiger partial charge in [0.25, 0.3) is 0 Å². The van der Waals surface area contributed by atoms with Crippen molar-refractivity contribution in [3.63, 3.8) is 0 Å². The van der Waals surface area contributed by atoms with Crippen molar-refractivity contribution in [2.45, 2.75) is 329 Å². The first-order valence-electron chi connectivity index (χ1n) is 34.5. The van der Waals surface area contributed by atoms with Gasteiger partial charge in [0, 0.05) is 19.3 Å². The second-order valence-corrected chi connectivity index (χ2v) is 22.7. The van der Waals surface area contributed by atoms with E-state index >= 15 is 0 Å². The van der Waals surface area contributed by atoms with Crippen molar-refractivity contribution in [1.82, 2.24) is 0 Å². The molecule has 0 heterocycles. The highest BCUT2D eigenvalue weighted by Crippen LogP contribution is 2.16. The lowest BCUT2D eigenvalue weighted by Crippen LogP contribution is -2.30. The highest BCUT2D eigenvalue weighted by Gasteiger charge is 2.19. The predicted octanol–water partition coefficient (Wildman–Crippen LogP) is 23.9. The summed E-state index contributed by atoms with van der Waals surface area (Å²) in [4.78, 5) is 38.5. The monoisotopic (exact) mass is 1140 g/mol. The second kappa shape index (κ2) is 69.3. The quantitative estimate of drug-likeness (QED) is 0.0261. The van der Waals surface area contributed by atoms with E-state index in [1.54, 1.807) is 0 Å². The zero-order valence-electron chi connectivity index (χ0n) is 53.7. The van der Waals surface area contributed by atoms with Crippen LogP contribution in [0.5, 0.6) is 0 Å². The van der Waals surface area contributed by atoms with E-state index in [0.29, 0.717) is 19.3 Å². The van der Waals surface area contributed by atoms with E-state index in [1.165, 1.54) is 161 Å². The molecule has 0 aromatic rings. The number of carbonyl (C=O) groups excluding carboxylic acids is 3. The van der Waals surface area contributed by atoms with Gasteiger partial charge in [-0.05, 0) is 135 Å². The first-order valence-corrected chi connectivity index (χ1v) is 34.5. The van der Waals surface area contributed by atoms with Gasteiger partial charge in [0.2, 0.25) is 0 Å². The summed E-state index contributed by atoms with van der Waals surface area (Å²) in [6, 6.07) is 0. The highest BCUT2D eigenvalue weighted by atomic mass is 16.6. The first-order chi connectivity index (χ1) is 40.5. The highest BCUT2D eigenvalue weighted by molar-refractivity contribution is 5.71. The molecule has 1 unspecified atom stereocenters. The third kappa shape index (κ3) is 66.6. The molecule has 6 nitrogen and oxygen atoms in total. The number of hydrogen-bond acceptors (Lipinski definition) is 6. The summed E-state index contributed by atoms with van der Waals surface area (Å²) in [5, 5.41) is 0. The molecule has 1 atom stereocenters. The van der Waals surface area contributed by atoms with Crippen LogP contribution in [0.1, 0.15) is 323 Å². The molecule has 0 fully saturated rings. The third-order valence-corrected chi connectivity index (χ3v) is 14.7. The zero-order chi connectivity index (χ0) is 59.2. The fourth-order valence-corrected chi connectivity index (χ4v) is 9.51. The molecule has 82 heavy (non-hydrogen) atoms. The summed E-state index contributed by atoms with van der Waals surface area (Å²) in [5.74, 6) is -0.897. The SMILES string of the molecule is CC/C=C\C/C=C\C/C=C\C/C=C\C/C=C\C/C=C\CCCCCCCCCCC(=O)OCC(COC(=O)CCCCCCCCC/C=C\C/C=C\CCCCCC)OC(=O)CCCCCCCCCCC/C=C\C/C=C\CCCCC. The molecule has 0 saturated carbocycles. The smallest absolute Gasteiger partial charge is 0.306 e. The summed E-state index contributed by atoms with van der Waals surface area (Å²) in [7, 11) is 0. The lowest BCUT2D eigenvalue weighted by molar-refractivity contribution is -0.167. The Balaban J connectivity index is 4.40. The molecule has 0 aromatic carbocycles. The van der Waals surface area contributed by atoms with Crippen molar-refractivity contribution in [2.75, 3.05) is 13.2 Å². The Morgan fingerprint density at radius 2 is 0.476 bits per heavy atom. The number of rotatable bonds is 62. The minimum absolute atomic E-state index is 0.0875. The normalized spacial score (nSPS) is 12.9. The largest absolute Gasteiger partial charge is 0.462 e. The van der Waals surface area contributed by atoms with Crippen molar-refractivity contribution in [1.29, 1.82) is 0 Å². The van der Waals surface area contributed by atoms with Gasteiger partial charge in [0.1, 0.15) is 13.2 Å². The number of carbonyl (C=O) groups is 3. The molecule has 0 bridgehead atoms. The fourth-order valence-electron chi connectivity index (χ4n) is 9.51. The van der Waals surface area contributed by atoms with Crippen LogP contribution in [-0.2, 0) is 28.6 Å². The van der Waals surface area contributed by atoms with Crippen LogP contribution in [0.25, 0.3) is 0 Å². The molecule has 0 saturated heterocycles. The van der Waals surface area contributed by atoms with Crippen LogP contribution in [0.15, 0.2) is 122 Å². The molecule has 0 aliphatic rings. The second-order valence-electron chi connectivity index (χ2n) is 22.7. The van der Waals surface area contributed by atoms with Crippen LogP contribution in [0.4, 0.5) is 0 Å². The Bertz CT molecular complexity index is 1690. The van der Waals surface area contributed by atoms with Crippen molar-refractivity contribution in [3.05, 3.63) is 122 Å². The molecule has 0 amide bonds. The van der Waals surface area contributed by atoms with E-state index in [1.807, 2.05) is 0 Å². The van der Waals surface area contributed by atoms with Crippen LogP contribution >= 0.6 is 0 Å². The van der Waals surface area contributed by atoms with E-state index in [9.17, 15) is 14.4 Å². The topological polar surface area (TPSA) is 78.9 Å². The summed E-state index contributed by atoms with van der Waals surface area (Å²) in [6.07, 6.45) is 96.3. The minimum atomic E-state index is -0.793. The lowest BCUT2D eigenvalue weighted by Gasteiger charge is -2.18. The van der Waals surface area contributed by atoms with E-state index < -0.39 is 6.10 Å². The van der Waals surface area contributed by atoms with E-state index in [2.05, 4.69) is 142 Å². The number of ether oxygens (including phenoxy) is 3. The molecule has 0 N–H and O–H groups in total. The van der Waals surface area contributed by atoms with E-state index in [-0.39, 0.29) is 31.1 Å². The Morgan fingerprint density at radius 3 is 0.768 bits per heavy atom. The number of hydrogen-bond donors (Lipinski definition) is 0. The van der Waals surface area contributed by atoms with Gasteiger partial charge in [-0.25, -0.2) is 0 Å². The van der Waals surface area contributed by atoms with E-state index in [0.717, 1.165) is 122 Å². The van der Waals surface area contributed by atoms with Crippen molar-refractivity contribution in [3.8, 4) is 0 Å². The minimum Gasteiger partial charge on any atom is -0.462 e. The molecule has 6 heteroatoms. The van der Waals surface area contributed by atoms with Gasteiger partial charge >= 0.3 is 17.9 Å². The maximum absolute atomic E-state index is 13.0. The Kier molecular flexibility index (Phi) is 65.8. The van der Waals surface area contributed by atoms with Gasteiger partial charge < -0.3 is 14.2 Å². The van der Waals surface area contributed by atoms with Crippen LogP contribution in [-0.4, -0.2) is 37.2 Å². The maximum Gasteiger partial charge on any atom is 0.306 e. The van der Waals surface area contributed by atoms with Gasteiger partial charge in [-0.2, -0.15) is 0 Å². The van der Waals surface area contributed by atoms with E-state index in [4.69, 9.17) is 14.2 Å². The molecule has 468 valence electrons. The first kappa shape index (κ1) is 77.8. The fraction of sp³-hybridized carbons (Fsp3) is 0.697. The third-order valence-electron chi connectivity index (χ3n) is 14.7. The molecule has 0 aliphatic carbocycles. The Labute approximate surface area is 507 Å². The molecular weight excluding hydrogens is 1010 g/mol. The number of esters is 3. The van der Waals surface area contributed by atoms with Gasteiger partial charge in [0.05, 0.1) is 0 Å².